The molecule has 0 aliphatic carbocycles. The molecule has 0 aromatic carbocycles. The number of pyridine rings is 1. The minimum absolute atomic E-state index is 0.138. The van der Waals surface area contributed by atoms with Crippen LogP contribution in [-0.4, -0.2) is 35.4 Å². The van der Waals surface area contributed by atoms with E-state index >= 15 is 0 Å². The monoisotopic (exact) mass is 289 g/mol. The summed E-state index contributed by atoms with van der Waals surface area (Å²) in [6, 6.07) is 3.68. The van der Waals surface area contributed by atoms with Crippen LogP contribution < -0.4 is 5.32 Å². The average Bonchev–Trinajstić information content (AvgIpc) is 2.52. The number of hydrogen-bond acceptors (Lipinski definition) is 3. The van der Waals surface area contributed by atoms with Crippen LogP contribution in [0.4, 0.5) is 5.82 Å². The maximum absolute atomic E-state index is 12.6. The molecule has 1 aromatic rings. The summed E-state index contributed by atoms with van der Waals surface area (Å²) < 4.78 is 0. The number of nitrogens with zero attached hydrogens (tertiary/aromatic N) is 2. The van der Waals surface area contributed by atoms with Crippen LogP contribution in [-0.2, 0) is 0 Å². The molecule has 1 fully saturated rings. The summed E-state index contributed by atoms with van der Waals surface area (Å²) in [6.45, 7) is 9.29. The summed E-state index contributed by atoms with van der Waals surface area (Å²) in [5, 5.41) is 3.23. The van der Waals surface area contributed by atoms with Crippen molar-refractivity contribution in [1.29, 1.82) is 0 Å². The van der Waals surface area contributed by atoms with E-state index in [0.29, 0.717) is 5.92 Å². The second-order valence-electron chi connectivity index (χ2n) is 6.23. The fourth-order valence-electron chi connectivity index (χ4n) is 2.87. The first kappa shape index (κ1) is 15.8. The Balaban J connectivity index is 1.97. The molecular weight excluding hydrogens is 262 g/mol. The molecular formula is C17H27N3O. The number of rotatable bonds is 5. The number of amides is 1. The molecule has 4 heteroatoms. The Morgan fingerprint density at radius 1 is 1.43 bits per heavy atom. The molecule has 2 heterocycles. The van der Waals surface area contributed by atoms with E-state index in [4.69, 9.17) is 0 Å². The number of carbonyl (C=O) groups is 1. The van der Waals surface area contributed by atoms with Gasteiger partial charge >= 0.3 is 0 Å². The molecule has 1 amide bonds. The van der Waals surface area contributed by atoms with Crippen molar-refractivity contribution in [3.8, 4) is 0 Å². The summed E-state index contributed by atoms with van der Waals surface area (Å²) in [6.07, 6.45) is 5.00. The Kier molecular flexibility index (Phi) is 5.59. The molecule has 0 atom stereocenters. The molecule has 21 heavy (non-hydrogen) atoms. The molecule has 1 aliphatic rings. The summed E-state index contributed by atoms with van der Waals surface area (Å²) in [5.74, 6) is 2.40. The van der Waals surface area contributed by atoms with Crippen LogP contribution in [0.1, 0.15) is 50.4 Å². The molecule has 1 aromatic heterocycles. The number of hydrogen-bond donors (Lipinski definition) is 1. The zero-order chi connectivity index (χ0) is 15.2. The van der Waals surface area contributed by atoms with E-state index in [1.54, 1.807) is 6.20 Å². The maximum atomic E-state index is 12.6. The highest BCUT2D eigenvalue weighted by Gasteiger charge is 2.25. The van der Waals surface area contributed by atoms with Crippen LogP contribution in [0.25, 0.3) is 0 Å². The standard InChI is InChI=1S/C17H27N3O/c1-4-8-18-16-12-15(5-9-19-16)17(21)20-10-6-14(7-11-20)13(2)3/h5,9,12-14H,4,6-8,10-11H2,1-3H3,(H,18,19). The van der Waals surface area contributed by atoms with Crippen molar-refractivity contribution in [2.24, 2.45) is 11.8 Å². The molecule has 0 saturated carbocycles. The number of carbonyl (C=O) groups excluding carboxylic acids is 1. The molecule has 4 nitrogen and oxygen atoms in total. The Morgan fingerprint density at radius 3 is 2.76 bits per heavy atom. The highest BCUT2D eigenvalue weighted by atomic mass is 16.2. The zero-order valence-electron chi connectivity index (χ0n) is 13.4. The van der Waals surface area contributed by atoms with Crippen molar-refractivity contribution in [2.45, 2.75) is 40.0 Å². The van der Waals surface area contributed by atoms with Gasteiger partial charge in [-0.2, -0.15) is 0 Å². The first-order valence-electron chi connectivity index (χ1n) is 8.11. The lowest BCUT2D eigenvalue weighted by molar-refractivity contribution is 0.0667. The van der Waals surface area contributed by atoms with E-state index in [1.165, 1.54) is 0 Å². The minimum Gasteiger partial charge on any atom is -0.370 e. The lowest BCUT2D eigenvalue weighted by atomic mass is 9.86. The number of nitrogens with one attached hydrogen (secondary N) is 1. The van der Waals surface area contributed by atoms with E-state index in [-0.39, 0.29) is 5.91 Å². The fourth-order valence-corrected chi connectivity index (χ4v) is 2.87. The lowest BCUT2D eigenvalue weighted by Crippen LogP contribution is -2.39. The van der Waals surface area contributed by atoms with Gasteiger partial charge in [0.2, 0.25) is 0 Å². The Bertz CT molecular complexity index is 465. The number of aromatic nitrogens is 1. The quantitative estimate of drug-likeness (QED) is 0.903. The van der Waals surface area contributed by atoms with Crippen LogP contribution in [0.2, 0.25) is 0 Å². The summed E-state index contributed by atoms with van der Waals surface area (Å²) in [7, 11) is 0. The normalized spacial score (nSPS) is 16.3. The van der Waals surface area contributed by atoms with Gasteiger partial charge in [0.25, 0.3) is 5.91 Å². The van der Waals surface area contributed by atoms with Gasteiger partial charge in [0, 0.05) is 31.4 Å². The third-order valence-corrected chi connectivity index (χ3v) is 4.33. The molecule has 1 N–H and O–H groups in total. The number of likely N-dealkylation sites (tertiary alicyclic amines) is 1. The molecule has 1 aliphatic heterocycles. The second-order valence-corrected chi connectivity index (χ2v) is 6.23. The van der Waals surface area contributed by atoms with Crippen molar-refractivity contribution < 1.29 is 4.79 Å². The van der Waals surface area contributed by atoms with E-state index in [0.717, 1.165) is 56.2 Å². The van der Waals surface area contributed by atoms with E-state index in [1.807, 2.05) is 17.0 Å². The molecule has 0 radical (unpaired) electrons. The summed E-state index contributed by atoms with van der Waals surface area (Å²) in [5.41, 5.74) is 0.742. The van der Waals surface area contributed by atoms with Crippen molar-refractivity contribution in [1.82, 2.24) is 9.88 Å². The van der Waals surface area contributed by atoms with Crippen LogP contribution in [0.15, 0.2) is 18.3 Å². The first-order valence-corrected chi connectivity index (χ1v) is 8.11. The Labute approximate surface area is 127 Å². The second kappa shape index (κ2) is 7.43. The summed E-state index contributed by atoms with van der Waals surface area (Å²) >= 11 is 0. The predicted molar refractivity (Wildman–Crippen MR) is 86.5 cm³/mol. The van der Waals surface area contributed by atoms with Gasteiger partial charge in [-0.15, -0.1) is 0 Å². The van der Waals surface area contributed by atoms with Gasteiger partial charge in [0.05, 0.1) is 0 Å². The van der Waals surface area contributed by atoms with Gasteiger partial charge in [0.15, 0.2) is 0 Å². The van der Waals surface area contributed by atoms with E-state index in [2.05, 4.69) is 31.1 Å². The van der Waals surface area contributed by atoms with Gasteiger partial charge in [-0.25, -0.2) is 4.98 Å². The predicted octanol–water partition coefficient (Wildman–Crippen LogP) is 3.41. The van der Waals surface area contributed by atoms with E-state index in [9.17, 15) is 4.79 Å². The van der Waals surface area contributed by atoms with Crippen LogP contribution in [0.5, 0.6) is 0 Å². The lowest BCUT2D eigenvalue weighted by Gasteiger charge is -2.34. The summed E-state index contributed by atoms with van der Waals surface area (Å²) in [4.78, 5) is 18.8. The smallest absolute Gasteiger partial charge is 0.254 e. The Hall–Kier alpha value is -1.58. The Morgan fingerprint density at radius 2 is 2.14 bits per heavy atom. The molecule has 116 valence electrons. The van der Waals surface area contributed by atoms with Gasteiger partial charge in [-0.05, 0) is 43.2 Å². The molecule has 0 spiro atoms. The molecule has 2 rings (SSSR count). The minimum atomic E-state index is 0.138. The molecule has 1 saturated heterocycles. The number of piperidine rings is 1. The van der Waals surface area contributed by atoms with Crippen LogP contribution >= 0.6 is 0 Å². The van der Waals surface area contributed by atoms with Gasteiger partial charge in [0.1, 0.15) is 5.82 Å². The molecule has 0 bridgehead atoms. The zero-order valence-corrected chi connectivity index (χ0v) is 13.4. The van der Waals surface area contributed by atoms with Crippen molar-refractivity contribution >= 4 is 11.7 Å². The van der Waals surface area contributed by atoms with Gasteiger partial charge in [-0.1, -0.05) is 20.8 Å². The average molecular weight is 289 g/mol. The van der Waals surface area contributed by atoms with Gasteiger partial charge < -0.3 is 10.2 Å². The highest BCUT2D eigenvalue weighted by molar-refractivity contribution is 5.94. The maximum Gasteiger partial charge on any atom is 0.254 e. The third-order valence-electron chi connectivity index (χ3n) is 4.33. The topological polar surface area (TPSA) is 45.2 Å². The fraction of sp³-hybridized carbons (Fsp3) is 0.647. The number of anilines is 1. The third kappa shape index (κ3) is 4.19. The van der Waals surface area contributed by atoms with Crippen LogP contribution in [0, 0.1) is 11.8 Å². The van der Waals surface area contributed by atoms with Crippen molar-refractivity contribution in [3.63, 3.8) is 0 Å². The van der Waals surface area contributed by atoms with Crippen LogP contribution in [0.3, 0.4) is 0 Å². The first-order chi connectivity index (χ1) is 10.1. The SMILES string of the molecule is CCCNc1cc(C(=O)N2CCC(C(C)C)CC2)ccn1. The largest absolute Gasteiger partial charge is 0.370 e. The molecule has 0 unspecified atom stereocenters. The highest BCUT2D eigenvalue weighted by Crippen LogP contribution is 2.25. The van der Waals surface area contributed by atoms with Gasteiger partial charge in [-0.3, -0.25) is 4.79 Å². The van der Waals surface area contributed by atoms with Crippen molar-refractivity contribution in [3.05, 3.63) is 23.9 Å². The van der Waals surface area contributed by atoms with Crippen molar-refractivity contribution in [2.75, 3.05) is 25.0 Å². The van der Waals surface area contributed by atoms with E-state index < -0.39 is 0 Å².